The minimum atomic E-state index is -0.415. The molecule has 202 valence electrons. The number of aromatic nitrogens is 2. The van der Waals surface area contributed by atoms with Crippen molar-refractivity contribution in [3.05, 3.63) is 89.1 Å². The van der Waals surface area contributed by atoms with Gasteiger partial charge in [0, 0.05) is 23.4 Å². The first kappa shape index (κ1) is 26.2. The molecule has 1 atom stereocenters. The average Bonchev–Trinajstić information content (AvgIpc) is 3.51. The molecule has 0 unspecified atom stereocenters. The van der Waals surface area contributed by atoms with Gasteiger partial charge in [-0.2, -0.15) is 5.10 Å². The van der Waals surface area contributed by atoms with Crippen LogP contribution in [0.3, 0.4) is 0 Å². The van der Waals surface area contributed by atoms with Crippen molar-refractivity contribution in [2.45, 2.75) is 37.9 Å². The molecule has 39 heavy (non-hydrogen) atoms. The third kappa shape index (κ3) is 5.42. The number of H-pyrrole nitrogens is 1. The number of amides is 4. The highest BCUT2D eigenvalue weighted by atomic mass is 16.2. The third-order valence-electron chi connectivity index (χ3n) is 7.15. The number of benzene rings is 2. The Labute approximate surface area is 227 Å². The summed E-state index contributed by atoms with van der Waals surface area (Å²) in [5, 5.41) is 16.3. The molecule has 1 fully saturated rings. The number of anilines is 2. The van der Waals surface area contributed by atoms with Crippen LogP contribution in [0.1, 0.15) is 53.0 Å². The SMILES string of the molecule is C/C=C/C(=O)Nc1ccc(C(=O)Nc2n[nH]c3c2CN(C(=O)N[C@H](CN(C)C)c2ccccc2)C32CC2)cc1. The number of carbonyl (C=O) groups excluding carboxylic acids is 3. The fraction of sp³-hybridized carbons (Fsp3) is 0.310. The van der Waals surface area contributed by atoms with Gasteiger partial charge in [0.2, 0.25) is 5.91 Å². The van der Waals surface area contributed by atoms with Crippen LogP contribution < -0.4 is 16.0 Å². The molecule has 4 N–H and O–H groups in total. The summed E-state index contributed by atoms with van der Waals surface area (Å²) >= 11 is 0. The molecule has 1 aromatic heterocycles. The number of aromatic amines is 1. The molecule has 2 aromatic carbocycles. The number of urea groups is 1. The van der Waals surface area contributed by atoms with Gasteiger partial charge in [0.1, 0.15) is 0 Å². The zero-order chi connectivity index (χ0) is 27.6. The summed E-state index contributed by atoms with van der Waals surface area (Å²) in [6.07, 6.45) is 4.76. The number of hydrogen-bond donors (Lipinski definition) is 4. The molecular weight excluding hydrogens is 494 g/mol. The van der Waals surface area contributed by atoms with Crippen molar-refractivity contribution >= 4 is 29.4 Å². The summed E-state index contributed by atoms with van der Waals surface area (Å²) in [6.45, 7) is 2.79. The number of fused-ring (bicyclic) bond motifs is 2. The van der Waals surface area contributed by atoms with Crippen molar-refractivity contribution in [3.8, 4) is 0 Å². The number of allylic oxidation sites excluding steroid dienone is 1. The van der Waals surface area contributed by atoms with Crippen LogP contribution >= 0.6 is 0 Å². The van der Waals surface area contributed by atoms with Gasteiger partial charge in [0.25, 0.3) is 5.91 Å². The maximum absolute atomic E-state index is 13.6. The van der Waals surface area contributed by atoms with E-state index in [1.165, 1.54) is 6.08 Å². The van der Waals surface area contributed by atoms with Crippen LogP contribution in [0.2, 0.25) is 0 Å². The van der Waals surface area contributed by atoms with Gasteiger partial charge in [-0.25, -0.2) is 4.79 Å². The largest absolute Gasteiger partial charge is 0.330 e. The fourth-order valence-electron chi connectivity index (χ4n) is 5.09. The van der Waals surface area contributed by atoms with Gasteiger partial charge in [-0.3, -0.25) is 14.7 Å². The summed E-state index contributed by atoms with van der Waals surface area (Å²) < 4.78 is 0. The van der Waals surface area contributed by atoms with E-state index in [1.807, 2.05) is 49.3 Å². The first-order valence-electron chi connectivity index (χ1n) is 13.0. The molecule has 4 amide bonds. The van der Waals surface area contributed by atoms with Gasteiger partial charge in [-0.1, -0.05) is 36.4 Å². The van der Waals surface area contributed by atoms with Crippen LogP contribution in [0.4, 0.5) is 16.3 Å². The van der Waals surface area contributed by atoms with E-state index in [0.717, 1.165) is 29.7 Å². The molecule has 10 heteroatoms. The second kappa shape index (κ2) is 10.7. The van der Waals surface area contributed by atoms with Crippen LogP contribution in [0.5, 0.6) is 0 Å². The number of likely N-dealkylation sites (N-methyl/N-ethyl adjacent to an activating group) is 1. The van der Waals surface area contributed by atoms with Gasteiger partial charge in [0.15, 0.2) is 5.82 Å². The fourth-order valence-corrected chi connectivity index (χ4v) is 5.09. The summed E-state index contributed by atoms with van der Waals surface area (Å²) in [4.78, 5) is 42.2. The Balaban J connectivity index is 1.28. The van der Waals surface area contributed by atoms with Crippen LogP contribution in [0.15, 0.2) is 66.7 Å². The third-order valence-corrected chi connectivity index (χ3v) is 7.15. The number of rotatable bonds is 8. The number of hydrogen-bond acceptors (Lipinski definition) is 5. The minimum absolute atomic E-state index is 0.138. The van der Waals surface area contributed by atoms with E-state index in [4.69, 9.17) is 0 Å². The smallest absolute Gasteiger partial charge is 0.319 e. The number of nitrogens with zero attached hydrogens (tertiary/aromatic N) is 3. The highest BCUT2D eigenvalue weighted by Gasteiger charge is 2.58. The zero-order valence-electron chi connectivity index (χ0n) is 22.3. The Bertz CT molecular complexity index is 1390. The lowest BCUT2D eigenvalue weighted by Crippen LogP contribution is -2.46. The van der Waals surface area contributed by atoms with Crippen molar-refractivity contribution in [1.82, 2.24) is 25.3 Å². The van der Waals surface area contributed by atoms with Gasteiger partial charge in [-0.15, -0.1) is 0 Å². The molecule has 3 aromatic rings. The van der Waals surface area contributed by atoms with Gasteiger partial charge in [0.05, 0.1) is 23.8 Å². The minimum Gasteiger partial charge on any atom is -0.330 e. The van der Waals surface area contributed by atoms with Crippen molar-refractivity contribution in [2.75, 3.05) is 31.3 Å². The van der Waals surface area contributed by atoms with Gasteiger partial charge in [-0.05, 0) is 69.8 Å². The van der Waals surface area contributed by atoms with E-state index in [2.05, 4.69) is 31.0 Å². The van der Waals surface area contributed by atoms with Crippen molar-refractivity contribution in [3.63, 3.8) is 0 Å². The molecular formula is C29H33N7O3. The lowest BCUT2D eigenvalue weighted by Gasteiger charge is -2.29. The predicted octanol–water partition coefficient (Wildman–Crippen LogP) is 3.99. The number of carbonyl (C=O) groups is 3. The first-order chi connectivity index (χ1) is 18.8. The van der Waals surface area contributed by atoms with Crippen LogP contribution in [-0.2, 0) is 16.9 Å². The van der Waals surface area contributed by atoms with E-state index in [1.54, 1.807) is 37.3 Å². The second-order valence-electron chi connectivity index (χ2n) is 10.2. The monoisotopic (exact) mass is 527 g/mol. The van der Waals surface area contributed by atoms with Crippen LogP contribution in [-0.4, -0.2) is 58.5 Å². The Morgan fingerprint density at radius 3 is 2.44 bits per heavy atom. The van der Waals surface area contributed by atoms with Gasteiger partial charge >= 0.3 is 6.03 Å². The molecule has 1 aliphatic heterocycles. The molecule has 0 radical (unpaired) electrons. The van der Waals surface area contributed by atoms with Crippen LogP contribution in [0.25, 0.3) is 0 Å². The molecule has 5 rings (SSSR count). The lowest BCUT2D eigenvalue weighted by atomic mass is 10.1. The maximum atomic E-state index is 13.6. The van der Waals surface area contributed by atoms with E-state index >= 15 is 0 Å². The molecule has 2 heterocycles. The summed E-state index contributed by atoms with van der Waals surface area (Å²) in [6, 6.07) is 16.3. The normalized spacial score (nSPS) is 15.8. The first-order valence-corrected chi connectivity index (χ1v) is 13.0. The summed E-state index contributed by atoms with van der Waals surface area (Å²) in [7, 11) is 3.97. The summed E-state index contributed by atoms with van der Waals surface area (Å²) in [5.74, 6) is -0.130. The van der Waals surface area contributed by atoms with Crippen molar-refractivity contribution < 1.29 is 14.4 Å². The Kier molecular flexibility index (Phi) is 7.21. The highest BCUT2D eigenvalue weighted by Crippen LogP contribution is 2.57. The maximum Gasteiger partial charge on any atom is 0.319 e. The Morgan fingerprint density at radius 2 is 1.79 bits per heavy atom. The highest BCUT2D eigenvalue weighted by molar-refractivity contribution is 6.05. The second-order valence-corrected chi connectivity index (χ2v) is 10.2. The zero-order valence-corrected chi connectivity index (χ0v) is 22.3. The lowest BCUT2D eigenvalue weighted by molar-refractivity contribution is -0.111. The molecule has 2 aliphatic rings. The molecule has 1 saturated carbocycles. The standard InChI is InChI=1S/C29H33N7O3/c1-4-8-24(37)30-21-13-11-20(12-14-21)27(38)32-26-22-17-36(29(15-16-29)25(22)33-34-26)28(39)31-23(18-35(2)3)19-9-6-5-7-10-19/h4-14,23H,15-18H2,1-3H3,(H,30,37)(H,31,39)(H2,32,33,34,38)/b8-4+/t23-/m1/s1. The quantitative estimate of drug-likeness (QED) is 0.330. The molecule has 0 saturated heterocycles. The molecule has 0 bridgehead atoms. The predicted molar refractivity (Wildman–Crippen MR) is 149 cm³/mol. The Morgan fingerprint density at radius 1 is 1.08 bits per heavy atom. The van der Waals surface area contributed by atoms with E-state index in [0.29, 0.717) is 30.2 Å². The molecule has 1 aliphatic carbocycles. The molecule has 10 nitrogen and oxygen atoms in total. The van der Waals surface area contributed by atoms with E-state index in [-0.39, 0.29) is 23.9 Å². The topological polar surface area (TPSA) is 122 Å². The van der Waals surface area contributed by atoms with Crippen molar-refractivity contribution in [2.24, 2.45) is 0 Å². The summed E-state index contributed by atoms with van der Waals surface area (Å²) in [5.41, 5.74) is 3.37. The van der Waals surface area contributed by atoms with Crippen molar-refractivity contribution in [1.29, 1.82) is 0 Å². The van der Waals surface area contributed by atoms with Gasteiger partial charge < -0.3 is 25.8 Å². The van der Waals surface area contributed by atoms with Crippen LogP contribution in [0, 0.1) is 0 Å². The Hall–Kier alpha value is -4.44. The van der Waals surface area contributed by atoms with E-state index < -0.39 is 5.54 Å². The average molecular weight is 528 g/mol. The van der Waals surface area contributed by atoms with E-state index in [9.17, 15) is 14.4 Å². The molecule has 1 spiro atoms. The number of nitrogens with one attached hydrogen (secondary N) is 4.